The molecule has 0 saturated heterocycles. The van der Waals surface area contributed by atoms with Crippen molar-refractivity contribution >= 4 is 10.8 Å². The molecule has 1 N–H and O–H groups in total. The molecular weight excluding hydrogens is 352 g/mol. The summed E-state index contributed by atoms with van der Waals surface area (Å²) in [4.78, 5) is 0. The molecule has 0 heterocycles. The molecule has 5 rings (SSSR count). The van der Waals surface area contributed by atoms with Crippen LogP contribution in [0.25, 0.3) is 33.0 Å². The fraction of sp³-hybridized carbons (Fsp3) is 0.214. The van der Waals surface area contributed by atoms with Crippen LogP contribution in [0.5, 0.6) is 5.75 Å². The minimum absolute atomic E-state index is 0.0575. The van der Waals surface area contributed by atoms with Crippen LogP contribution in [-0.2, 0) is 5.41 Å². The summed E-state index contributed by atoms with van der Waals surface area (Å²) in [5.74, 6) is 0.878. The fourth-order valence-electron chi connectivity index (χ4n) is 4.77. The predicted molar refractivity (Wildman–Crippen MR) is 123 cm³/mol. The van der Waals surface area contributed by atoms with Gasteiger partial charge >= 0.3 is 0 Å². The summed E-state index contributed by atoms with van der Waals surface area (Å²) in [6, 6.07) is 25.7. The van der Waals surface area contributed by atoms with E-state index in [1.54, 1.807) is 0 Å². The molecule has 0 radical (unpaired) electrons. The van der Waals surface area contributed by atoms with Gasteiger partial charge in [-0.2, -0.15) is 0 Å². The van der Waals surface area contributed by atoms with E-state index in [0.29, 0.717) is 11.7 Å². The Labute approximate surface area is 172 Å². The van der Waals surface area contributed by atoms with E-state index in [-0.39, 0.29) is 5.41 Å². The lowest BCUT2D eigenvalue weighted by Crippen LogP contribution is -2.15. The lowest BCUT2D eigenvalue weighted by atomic mass is 9.80. The second-order valence-corrected chi connectivity index (χ2v) is 9.03. The summed E-state index contributed by atoms with van der Waals surface area (Å²) in [6.45, 7) is 9.12. The summed E-state index contributed by atoms with van der Waals surface area (Å²) in [7, 11) is 0. The van der Waals surface area contributed by atoms with Crippen LogP contribution in [-0.4, -0.2) is 5.11 Å². The first-order chi connectivity index (χ1) is 13.9. The average molecular weight is 379 g/mol. The Morgan fingerprint density at radius 2 is 1.38 bits per heavy atom. The monoisotopic (exact) mass is 378 g/mol. The van der Waals surface area contributed by atoms with E-state index < -0.39 is 0 Å². The van der Waals surface area contributed by atoms with Gasteiger partial charge in [-0.05, 0) is 50.8 Å². The van der Waals surface area contributed by atoms with Gasteiger partial charge in [-0.15, -0.1) is 0 Å². The van der Waals surface area contributed by atoms with Crippen molar-refractivity contribution in [2.24, 2.45) is 0 Å². The Morgan fingerprint density at radius 1 is 0.724 bits per heavy atom. The quantitative estimate of drug-likeness (QED) is 0.380. The highest BCUT2D eigenvalue weighted by Gasteiger charge is 2.36. The Bertz CT molecular complexity index is 1260. The molecule has 0 bridgehead atoms. The van der Waals surface area contributed by atoms with E-state index >= 15 is 0 Å². The van der Waals surface area contributed by atoms with Gasteiger partial charge in [-0.1, -0.05) is 94.4 Å². The van der Waals surface area contributed by atoms with E-state index in [2.05, 4.69) is 70.2 Å². The number of hydrogen-bond acceptors (Lipinski definition) is 1. The summed E-state index contributed by atoms with van der Waals surface area (Å²) in [5.41, 5.74) is 8.66. The zero-order chi connectivity index (χ0) is 20.3. The molecule has 1 aliphatic carbocycles. The number of phenolic OH excluding ortho intramolecular Hbond substituents is 1. The van der Waals surface area contributed by atoms with Crippen molar-refractivity contribution in [3.63, 3.8) is 0 Å². The standard InChI is InChI=1S/C28H26O/c1-17(2)19-10-13-23-24-14-11-20(16-26(24)28(3,4)25(23)15-19)22-12-9-18-7-5-6-8-21(18)27(22)29/h5-17,29H,1-4H3. The SMILES string of the molecule is CC(C)c1ccc2c(c1)C(C)(C)c1cc(-c3ccc4ccccc4c3O)ccc1-2. The third kappa shape index (κ3) is 2.61. The predicted octanol–water partition coefficient (Wildman–Crippen LogP) is 7.64. The van der Waals surface area contributed by atoms with Gasteiger partial charge < -0.3 is 5.11 Å². The van der Waals surface area contributed by atoms with Crippen LogP contribution in [0.15, 0.2) is 72.8 Å². The molecule has 0 saturated carbocycles. The van der Waals surface area contributed by atoms with Gasteiger partial charge in [0.25, 0.3) is 0 Å². The van der Waals surface area contributed by atoms with E-state index in [1.165, 1.54) is 27.8 Å². The molecule has 144 valence electrons. The zero-order valence-electron chi connectivity index (χ0n) is 17.5. The van der Waals surface area contributed by atoms with Crippen LogP contribution in [0.3, 0.4) is 0 Å². The van der Waals surface area contributed by atoms with Gasteiger partial charge in [-0.3, -0.25) is 0 Å². The minimum atomic E-state index is -0.0575. The lowest BCUT2D eigenvalue weighted by Gasteiger charge is -2.23. The highest BCUT2D eigenvalue weighted by atomic mass is 16.3. The van der Waals surface area contributed by atoms with E-state index in [4.69, 9.17) is 0 Å². The molecule has 4 aromatic rings. The van der Waals surface area contributed by atoms with Crippen molar-refractivity contribution in [2.75, 3.05) is 0 Å². The van der Waals surface area contributed by atoms with E-state index in [1.807, 2.05) is 30.3 Å². The molecule has 0 spiro atoms. The number of hydrogen-bond donors (Lipinski definition) is 1. The van der Waals surface area contributed by atoms with E-state index in [9.17, 15) is 5.11 Å². The topological polar surface area (TPSA) is 20.2 Å². The first-order valence-corrected chi connectivity index (χ1v) is 10.4. The van der Waals surface area contributed by atoms with Crippen LogP contribution in [0.1, 0.15) is 50.3 Å². The molecule has 0 amide bonds. The zero-order valence-corrected chi connectivity index (χ0v) is 17.5. The van der Waals surface area contributed by atoms with Gasteiger partial charge in [0.2, 0.25) is 0 Å². The van der Waals surface area contributed by atoms with Crippen LogP contribution < -0.4 is 0 Å². The van der Waals surface area contributed by atoms with Crippen LogP contribution >= 0.6 is 0 Å². The number of aromatic hydroxyl groups is 1. The van der Waals surface area contributed by atoms with Gasteiger partial charge in [0.05, 0.1) is 0 Å². The summed E-state index contributed by atoms with van der Waals surface area (Å²) in [5, 5.41) is 12.9. The highest BCUT2D eigenvalue weighted by Crippen LogP contribution is 2.50. The normalized spacial score (nSPS) is 14.2. The number of phenols is 1. The number of benzene rings is 4. The Balaban J connectivity index is 1.68. The fourth-order valence-corrected chi connectivity index (χ4v) is 4.77. The Kier molecular flexibility index (Phi) is 3.86. The largest absolute Gasteiger partial charge is 0.507 e. The molecule has 29 heavy (non-hydrogen) atoms. The van der Waals surface area contributed by atoms with Crippen molar-refractivity contribution in [3.8, 4) is 28.0 Å². The van der Waals surface area contributed by atoms with Crippen molar-refractivity contribution in [2.45, 2.75) is 39.0 Å². The smallest absolute Gasteiger partial charge is 0.131 e. The van der Waals surface area contributed by atoms with Gasteiger partial charge in [-0.25, -0.2) is 0 Å². The van der Waals surface area contributed by atoms with Crippen LogP contribution in [0.2, 0.25) is 0 Å². The summed E-state index contributed by atoms with van der Waals surface area (Å²) in [6.07, 6.45) is 0. The molecule has 0 aromatic heterocycles. The maximum atomic E-state index is 11.0. The summed E-state index contributed by atoms with van der Waals surface area (Å²) < 4.78 is 0. The van der Waals surface area contributed by atoms with Crippen molar-refractivity contribution < 1.29 is 5.11 Å². The van der Waals surface area contributed by atoms with Gasteiger partial charge in [0.15, 0.2) is 0 Å². The number of fused-ring (bicyclic) bond motifs is 4. The highest BCUT2D eigenvalue weighted by molar-refractivity contribution is 5.95. The molecule has 1 nitrogen and oxygen atoms in total. The maximum absolute atomic E-state index is 11.0. The average Bonchev–Trinajstić information content (AvgIpc) is 2.95. The summed E-state index contributed by atoms with van der Waals surface area (Å²) >= 11 is 0. The van der Waals surface area contributed by atoms with Crippen LogP contribution in [0, 0.1) is 0 Å². The molecule has 0 aliphatic heterocycles. The first-order valence-electron chi connectivity index (χ1n) is 10.4. The van der Waals surface area contributed by atoms with Crippen molar-refractivity contribution in [1.82, 2.24) is 0 Å². The molecule has 0 atom stereocenters. The van der Waals surface area contributed by atoms with Crippen molar-refractivity contribution in [1.29, 1.82) is 0 Å². The Morgan fingerprint density at radius 3 is 2.14 bits per heavy atom. The molecule has 4 aromatic carbocycles. The van der Waals surface area contributed by atoms with Gasteiger partial charge in [0, 0.05) is 16.4 Å². The first kappa shape index (κ1) is 18.0. The second kappa shape index (κ2) is 6.22. The third-order valence-corrected chi connectivity index (χ3v) is 6.58. The molecular formula is C28H26O. The van der Waals surface area contributed by atoms with Crippen LogP contribution in [0.4, 0.5) is 0 Å². The molecule has 1 heteroatoms. The van der Waals surface area contributed by atoms with Crippen molar-refractivity contribution in [3.05, 3.63) is 89.5 Å². The second-order valence-electron chi connectivity index (χ2n) is 9.03. The third-order valence-electron chi connectivity index (χ3n) is 6.58. The maximum Gasteiger partial charge on any atom is 0.131 e. The van der Waals surface area contributed by atoms with Gasteiger partial charge in [0.1, 0.15) is 5.75 Å². The van der Waals surface area contributed by atoms with E-state index in [0.717, 1.165) is 21.9 Å². The molecule has 1 aliphatic rings. The molecule has 0 unspecified atom stereocenters. The lowest BCUT2D eigenvalue weighted by molar-refractivity contribution is 0.483. The minimum Gasteiger partial charge on any atom is -0.507 e. The number of rotatable bonds is 2. The molecule has 0 fully saturated rings. The Hall–Kier alpha value is -3.06.